The molecule has 0 spiro atoms. The molecule has 8 heteroatoms. The fourth-order valence-corrected chi connectivity index (χ4v) is 4.23. The zero-order valence-electron chi connectivity index (χ0n) is 14.2. The van der Waals surface area contributed by atoms with E-state index in [-0.39, 0.29) is 23.4 Å². The molecule has 0 bridgehead atoms. The first-order valence-electron chi connectivity index (χ1n) is 7.48. The molecule has 0 aromatic carbocycles. The lowest BCUT2D eigenvalue weighted by molar-refractivity contribution is -0.122. The Hall–Kier alpha value is -1.41. The number of hydrogen-bond acceptors (Lipinski definition) is 4. The van der Waals surface area contributed by atoms with E-state index >= 15 is 0 Å². The minimum Gasteiger partial charge on any atom is -0.352 e. The lowest BCUT2D eigenvalue weighted by Crippen LogP contribution is -2.34. The van der Waals surface area contributed by atoms with Crippen molar-refractivity contribution in [3.8, 4) is 0 Å². The SMILES string of the molecule is CCN(CC)S(=O)(=O)c1c(C)nn(CC(=O)NC(C)C)c1C. The highest BCUT2D eigenvalue weighted by Crippen LogP contribution is 2.23. The van der Waals surface area contributed by atoms with Crippen molar-refractivity contribution in [1.82, 2.24) is 19.4 Å². The first-order chi connectivity index (χ1) is 10.1. The van der Waals surface area contributed by atoms with E-state index in [4.69, 9.17) is 0 Å². The topological polar surface area (TPSA) is 84.3 Å². The van der Waals surface area contributed by atoms with Crippen molar-refractivity contribution < 1.29 is 13.2 Å². The number of amides is 1. The van der Waals surface area contributed by atoms with Crippen LogP contribution in [-0.4, -0.2) is 47.5 Å². The summed E-state index contributed by atoms with van der Waals surface area (Å²) in [6.07, 6.45) is 0. The Bertz CT molecular complexity index is 631. The van der Waals surface area contributed by atoms with Crippen LogP contribution in [0.25, 0.3) is 0 Å². The van der Waals surface area contributed by atoms with Gasteiger partial charge in [0.25, 0.3) is 0 Å². The van der Waals surface area contributed by atoms with Gasteiger partial charge in [0.2, 0.25) is 15.9 Å². The van der Waals surface area contributed by atoms with Crippen LogP contribution in [0, 0.1) is 13.8 Å². The predicted octanol–water partition coefficient (Wildman–Crippen LogP) is 1.06. The molecule has 7 nitrogen and oxygen atoms in total. The maximum absolute atomic E-state index is 12.7. The van der Waals surface area contributed by atoms with Crippen LogP contribution in [0.2, 0.25) is 0 Å². The van der Waals surface area contributed by atoms with Crippen molar-refractivity contribution in [3.05, 3.63) is 11.4 Å². The van der Waals surface area contributed by atoms with Crippen LogP contribution in [-0.2, 0) is 21.4 Å². The van der Waals surface area contributed by atoms with E-state index in [1.807, 2.05) is 13.8 Å². The summed E-state index contributed by atoms with van der Waals surface area (Å²) in [4.78, 5) is 12.1. The fraction of sp³-hybridized carbons (Fsp3) is 0.714. The molecular formula is C14H26N4O3S. The zero-order valence-corrected chi connectivity index (χ0v) is 15.0. The van der Waals surface area contributed by atoms with Gasteiger partial charge in [-0.05, 0) is 27.7 Å². The van der Waals surface area contributed by atoms with E-state index < -0.39 is 10.0 Å². The number of rotatable bonds is 7. The van der Waals surface area contributed by atoms with Crippen LogP contribution < -0.4 is 5.32 Å². The molecule has 1 amide bonds. The fourth-order valence-electron chi connectivity index (χ4n) is 2.40. The van der Waals surface area contributed by atoms with Crippen molar-refractivity contribution in [2.24, 2.45) is 0 Å². The highest BCUT2D eigenvalue weighted by molar-refractivity contribution is 7.89. The van der Waals surface area contributed by atoms with Crippen LogP contribution in [0.3, 0.4) is 0 Å². The number of carbonyl (C=O) groups is 1. The Morgan fingerprint density at radius 2 is 1.82 bits per heavy atom. The number of hydrogen-bond donors (Lipinski definition) is 1. The summed E-state index contributed by atoms with van der Waals surface area (Å²) in [6, 6.07) is 0.0309. The van der Waals surface area contributed by atoms with Gasteiger partial charge < -0.3 is 5.32 Å². The molecule has 0 aliphatic rings. The highest BCUT2D eigenvalue weighted by Gasteiger charge is 2.29. The summed E-state index contributed by atoms with van der Waals surface area (Å²) in [5.74, 6) is -0.188. The van der Waals surface area contributed by atoms with Crippen LogP contribution in [0.4, 0.5) is 0 Å². The molecule has 0 saturated carbocycles. The lowest BCUT2D eigenvalue weighted by atomic mass is 10.4. The molecule has 1 rings (SSSR count). The summed E-state index contributed by atoms with van der Waals surface area (Å²) in [5.41, 5.74) is 0.907. The minimum atomic E-state index is -3.58. The normalized spacial score (nSPS) is 12.2. The smallest absolute Gasteiger partial charge is 0.246 e. The monoisotopic (exact) mass is 330 g/mol. The summed E-state index contributed by atoms with van der Waals surface area (Å²) >= 11 is 0. The molecule has 22 heavy (non-hydrogen) atoms. The van der Waals surface area contributed by atoms with Gasteiger partial charge in [-0.1, -0.05) is 13.8 Å². The quantitative estimate of drug-likeness (QED) is 0.810. The summed E-state index contributed by atoms with van der Waals surface area (Å²) in [5, 5.41) is 7.00. The Kier molecular flexibility index (Phi) is 6.13. The maximum Gasteiger partial charge on any atom is 0.246 e. The molecule has 1 heterocycles. The molecule has 0 saturated heterocycles. The molecule has 1 aromatic rings. The first kappa shape index (κ1) is 18.6. The number of nitrogens with zero attached hydrogens (tertiary/aromatic N) is 3. The van der Waals surface area contributed by atoms with E-state index in [0.717, 1.165) is 0 Å². The Labute approximate surface area is 132 Å². The Morgan fingerprint density at radius 3 is 2.27 bits per heavy atom. The van der Waals surface area contributed by atoms with Crippen molar-refractivity contribution in [2.75, 3.05) is 13.1 Å². The van der Waals surface area contributed by atoms with Gasteiger partial charge >= 0.3 is 0 Å². The maximum atomic E-state index is 12.7. The summed E-state index contributed by atoms with van der Waals surface area (Å²) < 4.78 is 28.2. The second kappa shape index (κ2) is 7.23. The molecule has 0 radical (unpaired) electrons. The molecule has 1 aromatic heterocycles. The van der Waals surface area contributed by atoms with E-state index in [1.54, 1.807) is 27.7 Å². The minimum absolute atomic E-state index is 0.0125. The van der Waals surface area contributed by atoms with Gasteiger partial charge in [-0.3, -0.25) is 9.48 Å². The lowest BCUT2D eigenvalue weighted by Gasteiger charge is -2.18. The van der Waals surface area contributed by atoms with Gasteiger partial charge in [0.15, 0.2) is 0 Å². The largest absolute Gasteiger partial charge is 0.352 e. The number of carbonyl (C=O) groups excluding carboxylic acids is 1. The number of nitrogens with one attached hydrogen (secondary N) is 1. The van der Waals surface area contributed by atoms with Gasteiger partial charge in [0.05, 0.1) is 11.4 Å². The molecule has 1 N–H and O–H groups in total. The molecule has 0 fully saturated rings. The molecule has 0 unspecified atom stereocenters. The third kappa shape index (κ3) is 3.86. The van der Waals surface area contributed by atoms with Gasteiger partial charge in [0, 0.05) is 19.1 Å². The van der Waals surface area contributed by atoms with Crippen LogP contribution in [0.15, 0.2) is 4.90 Å². The van der Waals surface area contributed by atoms with E-state index in [0.29, 0.717) is 24.5 Å². The summed E-state index contributed by atoms with van der Waals surface area (Å²) in [7, 11) is -3.58. The van der Waals surface area contributed by atoms with Crippen molar-refractivity contribution in [2.45, 2.75) is 59.0 Å². The standard InChI is InChI=1S/C14H26N4O3S/c1-7-17(8-2)22(20,21)14-11(5)16-18(12(14)6)9-13(19)15-10(3)4/h10H,7-9H2,1-6H3,(H,15,19). The van der Waals surface area contributed by atoms with Crippen molar-refractivity contribution >= 4 is 15.9 Å². The van der Waals surface area contributed by atoms with Crippen LogP contribution in [0.5, 0.6) is 0 Å². The van der Waals surface area contributed by atoms with Gasteiger partial charge in [-0.25, -0.2) is 8.42 Å². The average Bonchev–Trinajstić information content (AvgIpc) is 2.64. The third-order valence-electron chi connectivity index (χ3n) is 3.36. The second-order valence-electron chi connectivity index (χ2n) is 5.47. The third-order valence-corrected chi connectivity index (χ3v) is 5.66. The van der Waals surface area contributed by atoms with Gasteiger partial charge in [-0.15, -0.1) is 0 Å². The second-order valence-corrected chi connectivity index (χ2v) is 7.34. The first-order valence-corrected chi connectivity index (χ1v) is 8.92. The Morgan fingerprint density at radius 1 is 1.27 bits per heavy atom. The van der Waals surface area contributed by atoms with Crippen molar-refractivity contribution in [3.63, 3.8) is 0 Å². The highest BCUT2D eigenvalue weighted by atomic mass is 32.2. The summed E-state index contributed by atoms with van der Waals surface area (Å²) in [6.45, 7) is 11.5. The predicted molar refractivity (Wildman–Crippen MR) is 85.1 cm³/mol. The zero-order chi connectivity index (χ0) is 17.1. The number of aromatic nitrogens is 2. The van der Waals surface area contributed by atoms with Gasteiger partial charge in [0.1, 0.15) is 11.4 Å². The number of aryl methyl sites for hydroxylation is 1. The molecule has 0 aliphatic heterocycles. The van der Waals surface area contributed by atoms with Gasteiger partial charge in [-0.2, -0.15) is 9.40 Å². The molecule has 0 atom stereocenters. The Balaban J connectivity index is 3.18. The van der Waals surface area contributed by atoms with E-state index in [2.05, 4.69) is 10.4 Å². The molecule has 0 aliphatic carbocycles. The molecular weight excluding hydrogens is 304 g/mol. The van der Waals surface area contributed by atoms with E-state index in [9.17, 15) is 13.2 Å². The number of sulfonamides is 1. The average molecular weight is 330 g/mol. The van der Waals surface area contributed by atoms with E-state index in [1.165, 1.54) is 8.99 Å². The van der Waals surface area contributed by atoms with Crippen LogP contribution >= 0.6 is 0 Å². The van der Waals surface area contributed by atoms with Crippen LogP contribution in [0.1, 0.15) is 39.1 Å². The van der Waals surface area contributed by atoms with Crippen molar-refractivity contribution in [1.29, 1.82) is 0 Å². The molecule has 126 valence electrons.